The monoisotopic (exact) mass is 231 g/mol. The van der Waals surface area contributed by atoms with Crippen LogP contribution in [0.25, 0.3) is 11.6 Å². The van der Waals surface area contributed by atoms with Crippen LogP contribution in [0.15, 0.2) is 41.9 Å². The van der Waals surface area contributed by atoms with Crippen LogP contribution in [0.2, 0.25) is 0 Å². The Balaban J connectivity index is 2.43. The van der Waals surface area contributed by atoms with Gasteiger partial charge in [-0.25, -0.2) is 4.79 Å². The van der Waals surface area contributed by atoms with Crippen LogP contribution in [-0.2, 0) is 4.79 Å². The molecule has 0 saturated carbocycles. The number of carboxylic acids is 1. The van der Waals surface area contributed by atoms with E-state index < -0.39 is 5.97 Å². The Labute approximate surface area is 96.7 Å². The molecule has 0 saturated heterocycles. The smallest absolute Gasteiger partial charge is 0.337 e. The van der Waals surface area contributed by atoms with Crippen molar-refractivity contribution < 1.29 is 9.90 Å². The second-order valence-corrected chi connectivity index (χ2v) is 4.07. The third-order valence-corrected chi connectivity index (χ3v) is 2.82. The topological polar surface area (TPSA) is 50.2 Å². The lowest BCUT2D eigenvalue weighted by molar-refractivity contribution is -0.130. The van der Waals surface area contributed by atoms with E-state index in [4.69, 9.17) is 5.11 Å². The number of hydrogen-bond donors (Lipinski definition) is 1. The quantitative estimate of drug-likeness (QED) is 0.826. The van der Waals surface area contributed by atoms with Crippen LogP contribution in [0.3, 0.4) is 0 Å². The van der Waals surface area contributed by atoms with Gasteiger partial charge in [0.25, 0.3) is 0 Å². The zero-order chi connectivity index (χ0) is 11.4. The van der Waals surface area contributed by atoms with E-state index in [2.05, 4.69) is 4.98 Å². The Morgan fingerprint density at radius 2 is 2.19 bits per heavy atom. The Bertz CT molecular complexity index is 503. The van der Waals surface area contributed by atoms with Crippen molar-refractivity contribution in [3.8, 4) is 0 Å². The first-order valence-electron chi connectivity index (χ1n) is 4.67. The number of rotatable bonds is 3. The molecule has 0 spiro atoms. The predicted octanol–water partition coefficient (Wildman–Crippen LogP) is 2.77. The van der Waals surface area contributed by atoms with E-state index in [9.17, 15) is 4.79 Å². The highest BCUT2D eigenvalue weighted by atomic mass is 32.1. The van der Waals surface area contributed by atoms with E-state index in [-0.39, 0.29) is 5.57 Å². The lowest BCUT2D eigenvalue weighted by Crippen LogP contribution is -2.00. The maximum Gasteiger partial charge on any atom is 0.337 e. The molecule has 4 heteroatoms. The number of aromatic nitrogens is 1. The van der Waals surface area contributed by atoms with Crippen LogP contribution in [-0.4, -0.2) is 16.1 Å². The van der Waals surface area contributed by atoms with Crippen LogP contribution >= 0.6 is 11.3 Å². The molecule has 0 aliphatic rings. The molecular weight excluding hydrogens is 222 g/mol. The van der Waals surface area contributed by atoms with Gasteiger partial charge in [-0.3, -0.25) is 4.98 Å². The third kappa shape index (κ3) is 2.35. The first kappa shape index (κ1) is 10.6. The van der Waals surface area contributed by atoms with Gasteiger partial charge >= 0.3 is 5.97 Å². The molecule has 80 valence electrons. The summed E-state index contributed by atoms with van der Waals surface area (Å²) in [5, 5.41) is 11.0. The van der Waals surface area contributed by atoms with Crippen molar-refractivity contribution in [3.05, 3.63) is 52.5 Å². The molecule has 3 nitrogen and oxygen atoms in total. The average molecular weight is 231 g/mol. The van der Waals surface area contributed by atoms with Crippen LogP contribution in [0, 0.1) is 0 Å². The number of aliphatic carboxylic acids is 1. The van der Waals surface area contributed by atoms with Gasteiger partial charge in [0.05, 0.1) is 11.3 Å². The molecule has 0 aromatic carbocycles. The molecule has 0 radical (unpaired) electrons. The second-order valence-electron chi connectivity index (χ2n) is 3.09. The molecule has 0 aliphatic heterocycles. The van der Waals surface area contributed by atoms with E-state index in [0.717, 1.165) is 4.88 Å². The number of carboxylic acid groups (broad SMARTS) is 1. The van der Waals surface area contributed by atoms with Crippen molar-refractivity contribution in [2.45, 2.75) is 0 Å². The summed E-state index contributed by atoms with van der Waals surface area (Å²) in [6, 6.07) is 8.97. The van der Waals surface area contributed by atoms with Gasteiger partial charge in [-0.15, -0.1) is 11.3 Å². The van der Waals surface area contributed by atoms with Crippen molar-refractivity contribution in [1.29, 1.82) is 0 Å². The molecule has 1 N–H and O–H groups in total. The highest BCUT2D eigenvalue weighted by Crippen LogP contribution is 2.19. The van der Waals surface area contributed by atoms with Gasteiger partial charge in [0, 0.05) is 11.1 Å². The van der Waals surface area contributed by atoms with Crippen molar-refractivity contribution in [2.75, 3.05) is 0 Å². The Morgan fingerprint density at radius 1 is 1.31 bits per heavy atom. The van der Waals surface area contributed by atoms with Crippen LogP contribution in [0.5, 0.6) is 0 Å². The van der Waals surface area contributed by atoms with Gasteiger partial charge in [-0.05, 0) is 29.7 Å². The third-order valence-electron chi connectivity index (χ3n) is 2.00. The van der Waals surface area contributed by atoms with E-state index in [0.29, 0.717) is 5.69 Å². The molecule has 16 heavy (non-hydrogen) atoms. The minimum Gasteiger partial charge on any atom is -0.478 e. The molecular formula is C12H9NO2S. The van der Waals surface area contributed by atoms with E-state index in [1.807, 2.05) is 17.5 Å². The van der Waals surface area contributed by atoms with Crippen molar-refractivity contribution >= 4 is 29.0 Å². The average Bonchev–Trinajstić information content (AvgIpc) is 2.79. The fraction of sp³-hybridized carbons (Fsp3) is 0. The van der Waals surface area contributed by atoms with Crippen LogP contribution in [0.1, 0.15) is 10.6 Å². The minimum absolute atomic E-state index is 0.211. The van der Waals surface area contributed by atoms with E-state index in [1.54, 1.807) is 30.5 Å². The van der Waals surface area contributed by atoms with Gasteiger partial charge in [0.1, 0.15) is 0 Å². The Morgan fingerprint density at radius 3 is 2.75 bits per heavy atom. The number of hydrogen-bond acceptors (Lipinski definition) is 3. The van der Waals surface area contributed by atoms with Crippen LogP contribution < -0.4 is 0 Å². The fourth-order valence-corrected chi connectivity index (χ4v) is 1.94. The van der Waals surface area contributed by atoms with E-state index in [1.165, 1.54) is 11.3 Å². The molecule has 0 aliphatic carbocycles. The molecule has 0 fully saturated rings. The number of pyridine rings is 1. The maximum atomic E-state index is 11.1. The lowest BCUT2D eigenvalue weighted by Gasteiger charge is -2.00. The Hall–Kier alpha value is -1.94. The van der Waals surface area contributed by atoms with Crippen molar-refractivity contribution in [1.82, 2.24) is 4.98 Å². The molecule has 0 bridgehead atoms. The first-order chi connectivity index (χ1) is 7.77. The summed E-state index contributed by atoms with van der Waals surface area (Å²) < 4.78 is 0. The number of carbonyl (C=O) groups is 1. The lowest BCUT2D eigenvalue weighted by atomic mass is 10.1. The largest absolute Gasteiger partial charge is 0.478 e. The summed E-state index contributed by atoms with van der Waals surface area (Å²) in [5.74, 6) is -0.966. The highest BCUT2D eigenvalue weighted by Gasteiger charge is 2.11. The zero-order valence-electron chi connectivity index (χ0n) is 8.33. The summed E-state index contributed by atoms with van der Waals surface area (Å²) in [6.45, 7) is 0. The molecule has 2 rings (SSSR count). The molecule has 2 heterocycles. The summed E-state index contributed by atoms with van der Waals surface area (Å²) in [4.78, 5) is 16.1. The predicted molar refractivity (Wildman–Crippen MR) is 64.1 cm³/mol. The van der Waals surface area contributed by atoms with Gasteiger partial charge in [-0.2, -0.15) is 0 Å². The standard InChI is InChI=1S/C12H9NO2S/c14-12(15)10(8-9-4-3-7-16-9)11-5-1-2-6-13-11/h1-8H,(H,14,15)/b10-8+. The number of thiophene rings is 1. The molecule has 0 atom stereocenters. The SMILES string of the molecule is O=C(O)/C(=C/c1cccs1)c1ccccn1. The fourth-order valence-electron chi connectivity index (χ4n) is 1.28. The van der Waals surface area contributed by atoms with Gasteiger partial charge in [0.15, 0.2) is 0 Å². The molecule has 2 aromatic rings. The minimum atomic E-state index is -0.966. The van der Waals surface area contributed by atoms with Gasteiger partial charge < -0.3 is 5.11 Å². The second kappa shape index (κ2) is 4.72. The summed E-state index contributed by atoms with van der Waals surface area (Å²) in [5.41, 5.74) is 0.687. The molecule has 0 amide bonds. The maximum absolute atomic E-state index is 11.1. The zero-order valence-corrected chi connectivity index (χ0v) is 9.15. The normalized spacial score (nSPS) is 11.4. The Kier molecular flexibility index (Phi) is 3.12. The first-order valence-corrected chi connectivity index (χ1v) is 5.55. The summed E-state index contributed by atoms with van der Waals surface area (Å²) in [6.07, 6.45) is 3.22. The van der Waals surface area contributed by atoms with E-state index >= 15 is 0 Å². The van der Waals surface area contributed by atoms with Gasteiger partial charge in [-0.1, -0.05) is 12.1 Å². The summed E-state index contributed by atoms with van der Waals surface area (Å²) >= 11 is 1.50. The molecule has 2 aromatic heterocycles. The highest BCUT2D eigenvalue weighted by molar-refractivity contribution is 7.10. The molecule has 0 unspecified atom stereocenters. The number of nitrogens with zero attached hydrogens (tertiary/aromatic N) is 1. The summed E-state index contributed by atoms with van der Waals surface area (Å²) in [7, 11) is 0. The van der Waals surface area contributed by atoms with Crippen molar-refractivity contribution in [2.24, 2.45) is 0 Å². The van der Waals surface area contributed by atoms with Gasteiger partial charge in [0.2, 0.25) is 0 Å². The van der Waals surface area contributed by atoms with Crippen molar-refractivity contribution in [3.63, 3.8) is 0 Å². The van der Waals surface area contributed by atoms with Crippen LogP contribution in [0.4, 0.5) is 0 Å².